The second-order valence-electron chi connectivity index (χ2n) is 5.33. The molecule has 0 radical (unpaired) electrons. The lowest BCUT2D eigenvalue weighted by Crippen LogP contribution is -2.37. The Morgan fingerprint density at radius 1 is 1.09 bits per heavy atom. The van der Waals surface area contributed by atoms with E-state index in [-0.39, 0.29) is 5.97 Å². The molecule has 2 aromatic rings. The summed E-state index contributed by atoms with van der Waals surface area (Å²) >= 11 is 0. The Hall–Kier alpha value is -2.42. The lowest BCUT2D eigenvalue weighted by atomic mass is 9.93. The van der Waals surface area contributed by atoms with Gasteiger partial charge in [-0.15, -0.1) is 0 Å². The van der Waals surface area contributed by atoms with Crippen LogP contribution in [0.1, 0.15) is 25.0 Å². The van der Waals surface area contributed by atoms with Gasteiger partial charge in [-0.1, -0.05) is 60.7 Å². The van der Waals surface area contributed by atoms with Crippen LogP contribution < -0.4 is 0 Å². The van der Waals surface area contributed by atoms with Gasteiger partial charge < -0.3 is 4.74 Å². The van der Waals surface area contributed by atoms with E-state index in [0.29, 0.717) is 13.0 Å². The molecule has 0 bridgehead atoms. The minimum absolute atomic E-state index is 0.300. The van der Waals surface area contributed by atoms with Crippen LogP contribution in [0.2, 0.25) is 0 Å². The molecule has 0 spiro atoms. The summed E-state index contributed by atoms with van der Waals surface area (Å²) in [7, 11) is 0. The second kappa shape index (κ2) is 7.55. The second-order valence-corrected chi connectivity index (χ2v) is 5.33. The van der Waals surface area contributed by atoms with Crippen molar-refractivity contribution in [3.63, 3.8) is 0 Å². The molecule has 22 heavy (non-hydrogen) atoms. The molecule has 0 aliphatic rings. The summed E-state index contributed by atoms with van der Waals surface area (Å²) in [4.78, 5) is 16.9. The highest BCUT2D eigenvalue weighted by Gasteiger charge is 2.34. The third-order valence-electron chi connectivity index (χ3n) is 3.40. The highest BCUT2D eigenvalue weighted by atomic mass is 16.5. The van der Waals surface area contributed by atoms with E-state index in [0.717, 1.165) is 11.1 Å². The van der Waals surface area contributed by atoms with E-state index in [1.165, 1.54) is 0 Å². The van der Waals surface area contributed by atoms with Crippen LogP contribution >= 0.6 is 0 Å². The van der Waals surface area contributed by atoms with Gasteiger partial charge in [-0.25, -0.2) is 4.79 Å². The Morgan fingerprint density at radius 3 is 2.27 bits per heavy atom. The number of ether oxygens (including phenoxy) is 1. The third-order valence-corrected chi connectivity index (χ3v) is 3.40. The Morgan fingerprint density at radius 2 is 1.68 bits per heavy atom. The molecule has 0 aromatic heterocycles. The number of carbonyl (C=O) groups excluding carboxylic acids is 1. The maximum Gasteiger partial charge on any atom is 0.334 e. The van der Waals surface area contributed by atoms with Gasteiger partial charge in [-0.2, -0.15) is 0 Å². The Bertz CT molecular complexity index is 622. The minimum atomic E-state index is -0.923. The molecule has 1 unspecified atom stereocenters. The molecule has 2 aromatic carbocycles. The van der Waals surface area contributed by atoms with E-state index < -0.39 is 5.54 Å². The van der Waals surface area contributed by atoms with Crippen molar-refractivity contribution in [1.29, 1.82) is 0 Å². The number of benzene rings is 2. The van der Waals surface area contributed by atoms with Gasteiger partial charge in [0.05, 0.1) is 6.61 Å². The van der Waals surface area contributed by atoms with Gasteiger partial charge in [0.1, 0.15) is 0 Å². The van der Waals surface area contributed by atoms with Crippen LogP contribution in [0.25, 0.3) is 0 Å². The van der Waals surface area contributed by atoms with E-state index >= 15 is 0 Å². The first-order valence-corrected chi connectivity index (χ1v) is 7.45. The molecule has 3 nitrogen and oxygen atoms in total. The van der Waals surface area contributed by atoms with Crippen molar-refractivity contribution in [1.82, 2.24) is 0 Å². The standard InChI is InChI=1S/C19H21NO2/c1-3-22-18(21)19(2,14-16-10-6-4-7-11-16)20-15-17-12-8-5-9-13-17/h4-13,15H,3,14H2,1-2H3. The van der Waals surface area contributed by atoms with Crippen LogP contribution in [-0.4, -0.2) is 24.3 Å². The molecule has 1 atom stereocenters. The molecule has 2 rings (SSSR count). The van der Waals surface area contributed by atoms with Crippen molar-refractivity contribution in [2.24, 2.45) is 4.99 Å². The van der Waals surface area contributed by atoms with Gasteiger partial charge in [0.2, 0.25) is 0 Å². The summed E-state index contributed by atoms with van der Waals surface area (Å²) in [5.74, 6) is -0.300. The summed E-state index contributed by atoms with van der Waals surface area (Å²) in [6, 6.07) is 19.6. The fraction of sp³-hybridized carbons (Fsp3) is 0.263. The summed E-state index contributed by atoms with van der Waals surface area (Å²) < 4.78 is 5.21. The smallest absolute Gasteiger partial charge is 0.334 e. The fourth-order valence-electron chi connectivity index (χ4n) is 2.21. The molecule has 0 N–H and O–H groups in total. The molecule has 0 aliphatic carbocycles. The quantitative estimate of drug-likeness (QED) is 0.602. The number of rotatable bonds is 6. The van der Waals surface area contributed by atoms with E-state index in [2.05, 4.69) is 4.99 Å². The zero-order valence-corrected chi connectivity index (χ0v) is 13.0. The first kappa shape index (κ1) is 16.0. The number of hydrogen-bond acceptors (Lipinski definition) is 3. The van der Waals surface area contributed by atoms with E-state index in [1.807, 2.05) is 74.5 Å². The number of hydrogen-bond donors (Lipinski definition) is 0. The number of aliphatic imine (C=N–C) groups is 1. The SMILES string of the molecule is CCOC(=O)C(C)(Cc1ccccc1)N=Cc1ccccc1. The average molecular weight is 295 g/mol. The summed E-state index contributed by atoms with van der Waals surface area (Å²) in [5.41, 5.74) is 1.10. The van der Waals surface area contributed by atoms with Crippen LogP contribution in [0.5, 0.6) is 0 Å². The minimum Gasteiger partial charge on any atom is -0.464 e. The number of nitrogens with zero attached hydrogens (tertiary/aromatic N) is 1. The highest BCUT2D eigenvalue weighted by molar-refractivity contribution is 5.86. The number of carbonyl (C=O) groups is 1. The molecule has 0 saturated heterocycles. The largest absolute Gasteiger partial charge is 0.464 e. The zero-order valence-electron chi connectivity index (χ0n) is 13.0. The zero-order chi connectivity index (χ0) is 15.8. The topological polar surface area (TPSA) is 38.7 Å². The molecule has 114 valence electrons. The van der Waals surface area contributed by atoms with Crippen LogP contribution in [0, 0.1) is 0 Å². The van der Waals surface area contributed by atoms with Gasteiger partial charge in [0, 0.05) is 12.6 Å². The number of esters is 1. The van der Waals surface area contributed by atoms with Crippen molar-refractivity contribution in [3.8, 4) is 0 Å². The fourth-order valence-corrected chi connectivity index (χ4v) is 2.21. The van der Waals surface area contributed by atoms with Crippen molar-refractivity contribution in [3.05, 3.63) is 71.8 Å². The summed E-state index contributed by atoms with van der Waals surface area (Å²) in [6.07, 6.45) is 2.25. The van der Waals surface area contributed by atoms with E-state index in [9.17, 15) is 4.79 Å². The molecule has 0 saturated carbocycles. The van der Waals surface area contributed by atoms with Crippen LogP contribution in [0.3, 0.4) is 0 Å². The maximum atomic E-state index is 12.4. The Balaban J connectivity index is 2.25. The third kappa shape index (κ3) is 4.29. The predicted molar refractivity (Wildman–Crippen MR) is 89.2 cm³/mol. The Kier molecular flexibility index (Phi) is 5.48. The molecule has 0 aliphatic heterocycles. The van der Waals surface area contributed by atoms with Crippen molar-refractivity contribution in [2.75, 3.05) is 6.61 Å². The van der Waals surface area contributed by atoms with Gasteiger partial charge in [-0.3, -0.25) is 4.99 Å². The molecular weight excluding hydrogens is 274 g/mol. The van der Waals surface area contributed by atoms with Crippen LogP contribution in [0.15, 0.2) is 65.7 Å². The monoisotopic (exact) mass is 295 g/mol. The van der Waals surface area contributed by atoms with Crippen LogP contribution in [-0.2, 0) is 16.0 Å². The van der Waals surface area contributed by atoms with Crippen molar-refractivity contribution >= 4 is 12.2 Å². The average Bonchev–Trinajstić information content (AvgIpc) is 2.55. The normalized spacial score (nSPS) is 13.7. The van der Waals surface area contributed by atoms with Gasteiger partial charge in [0.25, 0.3) is 0 Å². The first-order chi connectivity index (χ1) is 10.6. The van der Waals surface area contributed by atoms with Crippen molar-refractivity contribution < 1.29 is 9.53 Å². The van der Waals surface area contributed by atoms with Crippen LogP contribution in [0.4, 0.5) is 0 Å². The Labute approximate surface area is 131 Å². The van der Waals surface area contributed by atoms with Gasteiger partial charge in [0.15, 0.2) is 5.54 Å². The van der Waals surface area contributed by atoms with Gasteiger partial charge >= 0.3 is 5.97 Å². The summed E-state index contributed by atoms with van der Waals surface area (Å²) in [6.45, 7) is 3.98. The molecular formula is C19H21NO2. The molecule has 0 heterocycles. The van der Waals surface area contributed by atoms with E-state index in [1.54, 1.807) is 6.21 Å². The molecule has 0 amide bonds. The first-order valence-electron chi connectivity index (χ1n) is 7.45. The highest BCUT2D eigenvalue weighted by Crippen LogP contribution is 2.20. The van der Waals surface area contributed by atoms with Gasteiger partial charge in [-0.05, 0) is 25.0 Å². The lowest BCUT2D eigenvalue weighted by molar-refractivity contribution is -0.148. The molecule has 3 heteroatoms. The molecule has 0 fully saturated rings. The predicted octanol–water partition coefficient (Wildman–Crippen LogP) is 3.67. The summed E-state index contributed by atoms with van der Waals surface area (Å²) in [5, 5.41) is 0. The maximum absolute atomic E-state index is 12.4. The van der Waals surface area contributed by atoms with Crippen molar-refractivity contribution in [2.45, 2.75) is 25.8 Å². The lowest BCUT2D eigenvalue weighted by Gasteiger charge is -2.23. The van der Waals surface area contributed by atoms with E-state index in [4.69, 9.17) is 4.74 Å².